The van der Waals surface area contributed by atoms with Gasteiger partial charge in [-0.3, -0.25) is 4.79 Å². The lowest BCUT2D eigenvalue weighted by Crippen LogP contribution is -2.35. The molecule has 1 rings (SSSR count). The fourth-order valence-electron chi connectivity index (χ4n) is 1.90. The molecule has 1 amide bonds. The summed E-state index contributed by atoms with van der Waals surface area (Å²) in [5.74, 6) is 0.756. The van der Waals surface area contributed by atoms with Crippen LogP contribution in [0.25, 0.3) is 0 Å². The zero-order chi connectivity index (χ0) is 14.3. The van der Waals surface area contributed by atoms with Crippen LogP contribution in [-0.2, 0) is 11.2 Å². The van der Waals surface area contributed by atoms with Gasteiger partial charge in [0, 0.05) is 20.6 Å². The third-order valence-electron chi connectivity index (χ3n) is 2.93. The van der Waals surface area contributed by atoms with Crippen molar-refractivity contribution in [3.05, 3.63) is 29.8 Å². The van der Waals surface area contributed by atoms with E-state index in [2.05, 4.69) is 6.92 Å². The largest absolute Gasteiger partial charge is 0.494 e. The normalized spacial score (nSPS) is 12.0. The maximum atomic E-state index is 12.0. The second kappa shape index (κ2) is 7.79. The lowest BCUT2D eigenvalue weighted by molar-refractivity contribution is -0.132. The highest BCUT2D eigenvalue weighted by Crippen LogP contribution is 2.17. The number of hydrogen-bond acceptors (Lipinski definition) is 3. The Bertz CT molecular complexity index is 405. The van der Waals surface area contributed by atoms with Gasteiger partial charge in [0.05, 0.1) is 12.5 Å². The third-order valence-corrected chi connectivity index (χ3v) is 2.93. The van der Waals surface area contributed by atoms with Gasteiger partial charge in [0.25, 0.3) is 0 Å². The first kappa shape index (κ1) is 15.5. The number of nitrogens with two attached hydrogens (primary N) is 1. The van der Waals surface area contributed by atoms with Gasteiger partial charge >= 0.3 is 0 Å². The number of carbonyl (C=O) groups excluding carboxylic acids is 1. The number of ether oxygens (including phenoxy) is 1. The standard InChI is InChI=1S/C15H24N2O2/c1-4-8-19-14-7-5-6-12(10-14)9-13(11-16)15(18)17(2)3/h5-7,10,13H,4,8-9,11,16H2,1-3H3. The Hall–Kier alpha value is -1.55. The summed E-state index contributed by atoms with van der Waals surface area (Å²) in [4.78, 5) is 13.5. The van der Waals surface area contributed by atoms with E-state index in [0.717, 1.165) is 17.7 Å². The Morgan fingerprint density at radius 3 is 2.74 bits per heavy atom. The van der Waals surface area contributed by atoms with Crippen LogP contribution in [0.1, 0.15) is 18.9 Å². The van der Waals surface area contributed by atoms with Gasteiger partial charge in [-0.2, -0.15) is 0 Å². The summed E-state index contributed by atoms with van der Waals surface area (Å²) >= 11 is 0. The van der Waals surface area contributed by atoms with Crippen LogP contribution >= 0.6 is 0 Å². The highest BCUT2D eigenvalue weighted by Gasteiger charge is 2.19. The molecule has 0 radical (unpaired) electrons. The fraction of sp³-hybridized carbons (Fsp3) is 0.533. The first-order valence-corrected chi connectivity index (χ1v) is 6.71. The number of nitrogens with zero attached hydrogens (tertiary/aromatic N) is 1. The van der Waals surface area contributed by atoms with E-state index in [0.29, 0.717) is 19.6 Å². The molecule has 0 heterocycles. The van der Waals surface area contributed by atoms with Crippen LogP contribution < -0.4 is 10.5 Å². The molecule has 0 spiro atoms. The molecule has 2 N–H and O–H groups in total. The van der Waals surface area contributed by atoms with Crippen LogP contribution in [0, 0.1) is 5.92 Å². The average molecular weight is 264 g/mol. The summed E-state index contributed by atoms with van der Waals surface area (Å²) in [5, 5.41) is 0. The smallest absolute Gasteiger partial charge is 0.226 e. The molecule has 1 aromatic carbocycles. The maximum absolute atomic E-state index is 12.0. The Morgan fingerprint density at radius 2 is 2.16 bits per heavy atom. The van der Waals surface area contributed by atoms with Crippen molar-refractivity contribution in [3.63, 3.8) is 0 Å². The summed E-state index contributed by atoms with van der Waals surface area (Å²) < 4.78 is 5.59. The minimum atomic E-state index is -0.170. The zero-order valence-electron chi connectivity index (χ0n) is 12.1. The van der Waals surface area contributed by atoms with E-state index in [1.54, 1.807) is 19.0 Å². The monoisotopic (exact) mass is 264 g/mol. The predicted molar refractivity (Wildman–Crippen MR) is 77.2 cm³/mol. The van der Waals surface area contributed by atoms with Crippen LogP contribution in [0.5, 0.6) is 5.75 Å². The molecule has 0 bridgehead atoms. The van der Waals surface area contributed by atoms with Crippen molar-refractivity contribution in [2.24, 2.45) is 11.7 Å². The van der Waals surface area contributed by atoms with Gasteiger partial charge in [0.2, 0.25) is 5.91 Å². The number of benzene rings is 1. The summed E-state index contributed by atoms with van der Waals surface area (Å²) in [7, 11) is 3.51. The van der Waals surface area contributed by atoms with E-state index in [1.807, 2.05) is 24.3 Å². The topological polar surface area (TPSA) is 55.6 Å². The molecule has 19 heavy (non-hydrogen) atoms. The Balaban J connectivity index is 2.71. The zero-order valence-corrected chi connectivity index (χ0v) is 12.1. The van der Waals surface area contributed by atoms with Crippen molar-refractivity contribution >= 4 is 5.91 Å². The van der Waals surface area contributed by atoms with E-state index in [9.17, 15) is 4.79 Å². The molecule has 106 valence electrons. The quantitative estimate of drug-likeness (QED) is 0.815. The average Bonchev–Trinajstić information content (AvgIpc) is 2.42. The van der Waals surface area contributed by atoms with Crippen LogP contribution in [0.3, 0.4) is 0 Å². The Morgan fingerprint density at radius 1 is 1.42 bits per heavy atom. The predicted octanol–water partition coefficient (Wildman–Crippen LogP) is 1.68. The minimum Gasteiger partial charge on any atom is -0.494 e. The highest BCUT2D eigenvalue weighted by molar-refractivity contribution is 5.78. The lowest BCUT2D eigenvalue weighted by Gasteiger charge is -2.19. The second-order valence-corrected chi connectivity index (χ2v) is 4.87. The van der Waals surface area contributed by atoms with E-state index in [1.165, 1.54) is 0 Å². The molecule has 4 nitrogen and oxygen atoms in total. The van der Waals surface area contributed by atoms with E-state index < -0.39 is 0 Å². The second-order valence-electron chi connectivity index (χ2n) is 4.87. The Labute approximate surface area is 115 Å². The number of amides is 1. The van der Waals surface area contributed by atoms with Gasteiger partial charge in [0.1, 0.15) is 5.75 Å². The van der Waals surface area contributed by atoms with Gasteiger partial charge < -0.3 is 15.4 Å². The van der Waals surface area contributed by atoms with Crippen molar-refractivity contribution in [2.75, 3.05) is 27.2 Å². The van der Waals surface area contributed by atoms with E-state index >= 15 is 0 Å². The van der Waals surface area contributed by atoms with Crippen LogP contribution in [-0.4, -0.2) is 38.1 Å². The van der Waals surface area contributed by atoms with Gasteiger partial charge in [-0.1, -0.05) is 19.1 Å². The maximum Gasteiger partial charge on any atom is 0.226 e. The van der Waals surface area contributed by atoms with Crippen molar-refractivity contribution in [1.29, 1.82) is 0 Å². The first-order valence-electron chi connectivity index (χ1n) is 6.71. The molecule has 0 aliphatic heterocycles. The van der Waals surface area contributed by atoms with E-state index in [4.69, 9.17) is 10.5 Å². The fourth-order valence-corrected chi connectivity index (χ4v) is 1.90. The van der Waals surface area contributed by atoms with Gasteiger partial charge in [0.15, 0.2) is 0 Å². The van der Waals surface area contributed by atoms with Gasteiger partial charge in [-0.25, -0.2) is 0 Å². The molecule has 0 fully saturated rings. The molecule has 1 atom stereocenters. The molecule has 1 unspecified atom stereocenters. The third kappa shape index (κ3) is 4.91. The van der Waals surface area contributed by atoms with Crippen molar-refractivity contribution in [2.45, 2.75) is 19.8 Å². The van der Waals surface area contributed by atoms with Gasteiger partial charge in [-0.05, 0) is 30.5 Å². The number of rotatable bonds is 7. The summed E-state index contributed by atoms with van der Waals surface area (Å²) in [5.41, 5.74) is 6.78. The van der Waals surface area contributed by atoms with Crippen molar-refractivity contribution in [1.82, 2.24) is 4.90 Å². The molecule has 4 heteroatoms. The molecule has 0 aromatic heterocycles. The SMILES string of the molecule is CCCOc1cccc(CC(CN)C(=O)N(C)C)c1. The van der Waals surface area contributed by atoms with Crippen LogP contribution in [0.4, 0.5) is 0 Å². The lowest BCUT2D eigenvalue weighted by atomic mass is 9.98. The summed E-state index contributed by atoms with van der Waals surface area (Å²) in [6.45, 7) is 3.14. The van der Waals surface area contributed by atoms with Crippen molar-refractivity contribution < 1.29 is 9.53 Å². The summed E-state index contributed by atoms with van der Waals surface area (Å²) in [6.07, 6.45) is 1.63. The highest BCUT2D eigenvalue weighted by atomic mass is 16.5. The molecule has 1 aromatic rings. The minimum absolute atomic E-state index is 0.0716. The van der Waals surface area contributed by atoms with Crippen LogP contribution in [0.2, 0.25) is 0 Å². The molecule has 0 saturated heterocycles. The first-order chi connectivity index (χ1) is 9.08. The Kier molecular flexibility index (Phi) is 6.36. The number of carbonyl (C=O) groups is 1. The van der Waals surface area contributed by atoms with Crippen molar-refractivity contribution in [3.8, 4) is 5.75 Å². The van der Waals surface area contributed by atoms with Gasteiger partial charge in [-0.15, -0.1) is 0 Å². The number of hydrogen-bond donors (Lipinski definition) is 1. The van der Waals surface area contributed by atoms with E-state index in [-0.39, 0.29) is 11.8 Å². The molecule has 0 aliphatic rings. The van der Waals surface area contributed by atoms with Crippen LogP contribution in [0.15, 0.2) is 24.3 Å². The molecular weight excluding hydrogens is 240 g/mol. The molecule has 0 saturated carbocycles. The molecule has 0 aliphatic carbocycles. The summed E-state index contributed by atoms with van der Waals surface area (Å²) in [6, 6.07) is 7.88. The molecular formula is C15H24N2O2.